The number of ketones is 1. The first-order valence-electron chi connectivity index (χ1n) is 6.36. The predicted molar refractivity (Wildman–Crippen MR) is 65.9 cm³/mol. The molecule has 0 N–H and O–H groups in total. The molecule has 4 nitrogen and oxygen atoms in total. The van der Waals surface area contributed by atoms with Crippen LogP contribution in [0, 0.1) is 0 Å². The van der Waals surface area contributed by atoms with Crippen molar-refractivity contribution in [1.82, 2.24) is 4.90 Å². The van der Waals surface area contributed by atoms with Gasteiger partial charge in [0.2, 0.25) is 0 Å². The van der Waals surface area contributed by atoms with Gasteiger partial charge in [-0.15, -0.1) is 0 Å². The summed E-state index contributed by atoms with van der Waals surface area (Å²) in [6.45, 7) is -2.95. The van der Waals surface area contributed by atoms with Crippen molar-refractivity contribution < 1.29 is 23.1 Å². The smallest absolute Gasteiger partial charge is 0.387 e. The van der Waals surface area contributed by atoms with Crippen molar-refractivity contribution in [2.24, 2.45) is 0 Å². The number of carbonyl (C=O) groups is 2. The van der Waals surface area contributed by atoms with Crippen LogP contribution in [-0.4, -0.2) is 36.3 Å². The standard InChI is InChI=1S/C14H13F2NO3/c1-17-9-5-7(6-10(9)18)12-8(13(17)19)3-2-4-11(12)20-14(15)16/h2-4,7,9,14H,5-6H2,1H3/t7-,9+/m0/s1. The summed E-state index contributed by atoms with van der Waals surface area (Å²) in [4.78, 5) is 25.7. The van der Waals surface area contributed by atoms with Gasteiger partial charge in [-0.05, 0) is 24.5 Å². The van der Waals surface area contributed by atoms with E-state index in [0.717, 1.165) is 0 Å². The lowest BCUT2D eigenvalue weighted by Crippen LogP contribution is -2.39. The summed E-state index contributed by atoms with van der Waals surface area (Å²) in [5.41, 5.74) is 0.795. The van der Waals surface area contributed by atoms with Crippen LogP contribution in [0.5, 0.6) is 5.75 Å². The maximum Gasteiger partial charge on any atom is 0.387 e. The van der Waals surface area contributed by atoms with Gasteiger partial charge < -0.3 is 9.64 Å². The lowest BCUT2D eigenvalue weighted by atomic mass is 9.92. The fourth-order valence-corrected chi connectivity index (χ4v) is 3.14. The molecule has 1 amide bonds. The van der Waals surface area contributed by atoms with Crippen molar-refractivity contribution in [1.29, 1.82) is 0 Å². The molecular formula is C14H13F2NO3. The van der Waals surface area contributed by atoms with Crippen molar-refractivity contribution in [3.8, 4) is 5.75 Å². The summed E-state index contributed by atoms with van der Waals surface area (Å²) in [7, 11) is 1.57. The zero-order chi connectivity index (χ0) is 14.4. The van der Waals surface area contributed by atoms with Gasteiger partial charge in [0.25, 0.3) is 5.91 Å². The number of fused-ring (bicyclic) bond motifs is 4. The Balaban J connectivity index is 2.15. The van der Waals surface area contributed by atoms with E-state index >= 15 is 0 Å². The molecule has 6 heteroatoms. The van der Waals surface area contributed by atoms with E-state index in [9.17, 15) is 18.4 Å². The zero-order valence-electron chi connectivity index (χ0n) is 10.8. The molecule has 1 aromatic carbocycles. The normalized spacial score (nSPS) is 24.9. The van der Waals surface area contributed by atoms with E-state index in [-0.39, 0.29) is 29.8 Å². The number of amides is 1. The second-order valence-corrected chi connectivity index (χ2v) is 5.13. The number of ether oxygens (including phenoxy) is 1. The molecule has 1 heterocycles. The van der Waals surface area contributed by atoms with Crippen molar-refractivity contribution in [2.45, 2.75) is 31.4 Å². The zero-order valence-corrected chi connectivity index (χ0v) is 10.8. The van der Waals surface area contributed by atoms with Gasteiger partial charge in [0.15, 0.2) is 5.78 Å². The molecule has 3 rings (SSSR count). The lowest BCUT2D eigenvalue weighted by Gasteiger charge is -2.23. The number of rotatable bonds is 2. The molecule has 0 spiro atoms. The Kier molecular flexibility index (Phi) is 2.96. The summed E-state index contributed by atoms with van der Waals surface area (Å²) in [5.74, 6) is -0.574. The third kappa shape index (κ3) is 1.87. The molecular weight excluding hydrogens is 268 g/mol. The van der Waals surface area contributed by atoms with Gasteiger partial charge in [-0.3, -0.25) is 9.59 Å². The number of hydrogen-bond acceptors (Lipinski definition) is 3. The van der Waals surface area contributed by atoms with Crippen LogP contribution in [0.4, 0.5) is 8.78 Å². The Morgan fingerprint density at radius 3 is 2.80 bits per heavy atom. The summed E-state index contributed by atoms with van der Waals surface area (Å²) < 4.78 is 29.5. The molecule has 0 saturated heterocycles. The summed E-state index contributed by atoms with van der Waals surface area (Å²) in [5, 5.41) is 0. The molecule has 106 valence electrons. The topological polar surface area (TPSA) is 46.6 Å². The van der Waals surface area contributed by atoms with Gasteiger partial charge >= 0.3 is 6.61 Å². The number of Topliss-reactive ketones (excluding diaryl/α,β-unsaturated/α-hetero) is 1. The van der Waals surface area contributed by atoms with E-state index in [1.807, 2.05) is 0 Å². The SMILES string of the molecule is CN1C(=O)c2cccc(OC(F)F)c2[C@@H]2CC(=O)[C@H]1C2. The second kappa shape index (κ2) is 4.54. The second-order valence-electron chi connectivity index (χ2n) is 5.13. The van der Waals surface area contributed by atoms with Crippen LogP contribution in [0.2, 0.25) is 0 Å². The average Bonchev–Trinajstić information content (AvgIpc) is 2.73. The van der Waals surface area contributed by atoms with E-state index in [1.54, 1.807) is 13.1 Å². The van der Waals surface area contributed by atoms with Gasteiger partial charge in [0.1, 0.15) is 5.75 Å². The minimum Gasteiger partial charge on any atom is -0.435 e. The number of halogens is 2. The van der Waals surface area contributed by atoms with Crippen molar-refractivity contribution in [2.75, 3.05) is 7.05 Å². The number of likely N-dealkylation sites (N-methyl/N-ethyl adjacent to an activating group) is 1. The number of alkyl halides is 2. The van der Waals surface area contributed by atoms with Crippen LogP contribution in [0.3, 0.4) is 0 Å². The third-order valence-corrected chi connectivity index (χ3v) is 4.04. The predicted octanol–water partition coefficient (Wildman–Crippen LogP) is 2.19. The lowest BCUT2D eigenvalue weighted by molar-refractivity contribution is -0.121. The van der Waals surface area contributed by atoms with Gasteiger partial charge in [-0.1, -0.05) is 6.07 Å². The van der Waals surface area contributed by atoms with Gasteiger partial charge in [-0.2, -0.15) is 8.78 Å². The maximum absolute atomic E-state index is 12.5. The van der Waals surface area contributed by atoms with Gasteiger partial charge in [-0.25, -0.2) is 0 Å². The summed E-state index contributed by atoms with van der Waals surface area (Å²) in [6.07, 6.45) is 0.733. The average molecular weight is 281 g/mol. The molecule has 2 aliphatic rings. The van der Waals surface area contributed by atoms with Crippen LogP contribution >= 0.6 is 0 Å². The molecule has 0 aromatic heterocycles. The number of nitrogens with zero attached hydrogens (tertiary/aromatic N) is 1. The highest BCUT2D eigenvalue weighted by molar-refractivity contribution is 6.02. The number of benzene rings is 1. The number of hydrogen-bond donors (Lipinski definition) is 0. The van der Waals surface area contributed by atoms with Crippen LogP contribution in [-0.2, 0) is 4.79 Å². The maximum atomic E-state index is 12.5. The van der Waals surface area contributed by atoms with E-state index in [2.05, 4.69) is 4.74 Å². The molecule has 0 unspecified atom stereocenters. The minimum absolute atomic E-state index is 0.000370. The Labute approximate surface area is 114 Å². The van der Waals surface area contributed by atoms with Crippen LogP contribution in [0.15, 0.2) is 18.2 Å². The van der Waals surface area contributed by atoms with Crippen molar-refractivity contribution >= 4 is 11.7 Å². The quantitative estimate of drug-likeness (QED) is 0.834. The molecule has 0 radical (unpaired) electrons. The highest BCUT2D eigenvalue weighted by Crippen LogP contribution is 2.44. The Morgan fingerprint density at radius 2 is 2.10 bits per heavy atom. The van der Waals surface area contributed by atoms with Crippen LogP contribution in [0.1, 0.15) is 34.7 Å². The molecule has 2 bridgehead atoms. The molecule has 1 aliphatic heterocycles. The monoisotopic (exact) mass is 281 g/mol. The van der Waals surface area contributed by atoms with Crippen molar-refractivity contribution in [3.63, 3.8) is 0 Å². The number of carbonyl (C=O) groups excluding carboxylic acids is 2. The fourth-order valence-electron chi connectivity index (χ4n) is 3.14. The van der Waals surface area contributed by atoms with E-state index in [1.165, 1.54) is 17.0 Å². The first-order chi connectivity index (χ1) is 9.49. The summed E-state index contributed by atoms with van der Waals surface area (Å²) >= 11 is 0. The molecule has 2 atom stereocenters. The Bertz CT molecular complexity index is 588. The Hall–Kier alpha value is -1.98. The van der Waals surface area contributed by atoms with Gasteiger partial charge in [0, 0.05) is 24.6 Å². The largest absolute Gasteiger partial charge is 0.435 e. The summed E-state index contributed by atoms with van der Waals surface area (Å²) in [6, 6.07) is 4.07. The van der Waals surface area contributed by atoms with E-state index in [0.29, 0.717) is 17.5 Å². The minimum atomic E-state index is -2.95. The fraction of sp³-hybridized carbons (Fsp3) is 0.429. The third-order valence-electron chi connectivity index (χ3n) is 4.04. The molecule has 1 saturated carbocycles. The molecule has 1 aromatic rings. The highest BCUT2D eigenvalue weighted by atomic mass is 19.3. The van der Waals surface area contributed by atoms with Crippen molar-refractivity contribution in [3.05, 3.63) is 29.3 Å². The first kappa shape index (κ1) is 13.0. The molecule has 1 aliphatic carbocycles. The first-order valence-corrected chi connectivity index (χ1v) is 6.36. The Morgan fingerprint density at radius 1 is 1.35 bits per heavy atom. The van der Waals surface area contributed by atoms with E-state index in [4.69, 9.17) is 0 Å². The highest BCUT2D eigenvalue weighted by Gasteiger charge is 2.44. The van der Waals surface area contributed by atoms with Crippen LogP contribution < -0.4 is 4.74 Å². The van der Waals surface area contributed by atoms with Crippen LogP contribution in [0.25, 0.3) is 0 Å². The van der Waals surface area contributed by atoms with E-state index < -0.39 is 12.7 Å². The molecule has 20 heavy (non-hydrogen) atoms. The molecule has 1 fully saturated rings. The van der Waals surface area contributed by atoms with Gasteiger partial charge in [0.05, 0.1) is 6.04 Å².